The summed E-state index contributed by atoms with van der Waals surface area (Å²) in [7, 11) is 0. The van der Waals surface area contributed by atoms with Gasteiger partial charge in [-0.3, -0.25) is 0 Å². The van der Waals surface area contributed by atoms with E-state index in [2.05, 4.69) is 34.3 Å². The zero-order valence-electron chi connectivity index (χ0n) is 14.0. The van der Waals surface area contributed by atoms with Crippen LogP contribution >= 0.6 is 0 Å². The molecule has 25 heavy (non-hydrogen) atoms. The number of nitrogens with one attached hydrogen (secondary N) is 2. The number of fused-ring (bicyclic) bond motifs is 3. The minimum absolute atomic E-state index is 0.0251. The van der Waals surface area contributed by atoms with E-state index in [1.54, 1.807) is 0 Å². The number of hydrogen-bond acceptors (Lipinski definition) is 3. The van der Waals surface area contributed by atoms with Crippen molar-refractivity contribution in [1.82, 2.24) is 14.9 Å². The number of benzene rings is 2. The molecule has 0 radical (unpaired) electrons. The maximum Gasteiger partial charge on any atom is 0.319 e. The third kappa shape index (κ3) is 3.08. The number of ether oxygens (including phenoxy) is 1. The summed E-state index contributed by atoms with van der Waals surface area (Å²) in [5.74, 6) is 0.908. The van der Waals surface area contributed by atoms with Gasteiger partial charge in [0.1, 0.15) is 12.4 Å². The highest BCUT2D eigenvalue weighted by atomic mass is 16.5. The number of amides is 2. The van der Waals surface area contributed by atoms with E-state index in [4.69, 9.17) is 9.72 Å². The second-order valence-corrected chi connectivity index (χ2v) is 6.21. The predicted molar refractivity (Wildman–Crippen MR) is 96.6 cm³/mol. The summed E-state index contributed by atoms with van der Waals surface area (Å²) in [5.41, 5.74) is 4.01. The van der Waals surface area contributed by atoms with Gasteiger partial charge in [0.05, 0.1) is 23.7 Å². The first kappa shape index (κ1) is 15.7. The molecule has 0 bridgehead atoms. The molecule has 1 aromatic heterocycles. The molecule has 4 rings (SSSR count). The molecule has 0 unspecified atom stereocenters. The molecular weight excluding hydrogens is 316 g/mol. The molecule has 128 valence electrons. The first-order chi connectivity index (χ1) is 12.2. The highest BCUT2D eigenvalue weighted by Crippen LogP contribution is 2.27. The van der Waals surface area contributed by atoms with Crippen molar-refractivity contribution in [3.63, 3.8) is 0 Å². The van der Waals surface area contributed by atoms with Crippen LogP contribution in [0.25, 0.3) is 11.0 Å². The van der Waals surface area contributed by atoms with Crippen LogP contribution in [0.4, 0.5) is 10.5 Å². The van der Waals surface area contributed by atoms with Crippen LogP contribution in [-0.4, -0.2) is 28.7 Å². The van der Waals surface area contributed by atoms with E-state index < -0.39 is 0 Å². The van der Waals surface area contributed by atoms with Crippen LogP contribution < -0.4 is 10.6 Å². The van der Waals surface area contributed by atoms with Crippen LogP contribution in [0, 0.1) is 6.92 Å². The quantitative estimate of drug-likeness (QED) is 0.771. The van der Waals surface area contributed by atoms with Gasteiger partial charge in [0.2, 0.25) is 0 Å². The van der Waals surface area contributed by atoms with E-state index in [1.807, 2.05) is 36.4 Å². The van der Waals surface area contributed by atoms with Crippen LogP contribution in [0.2, 0.25) is 0 Å². The highest BCUT2D eigenvalue weighted by Gasteiger charge is 2.24. The fourth-order valence-corrected chi connectivity index (χ4v) is 3.23. The van der Waals surface area contributed by atoms with Crippen molar-refractivity contribution in [2.75, 3.05) is 18.5 Å². The van der Waals surface area contributed by atoms with Crippen LogP contribution in [-0.2, 0) is 11.3 Å². The summed E-state index contributed by atoms with van der Waals surface area (Å²) in [6.07, 6.45) is 0. The van der Waals surface area contributed by atoms with Crippen molar-refractivity contribution in [3.05, 3.63) is 59.9 Å². The average molecular weight is 336 g/mol. The van der Waals surface area contributed by atoms with Gasteiger partial charge in [-0.25, -0.2) is 9.78 Å². The molecule has 2 N–H and O–H groups in total. The van der Waals surface area contributed by atoms with E-state index in [0.29, 0.717) is 19.8 Å². The minimum atomic E-state index is -0.223. The van der Waals surface area contributed by atoms with Gasteiger partial charge in [-0.15, -0.1) is 0 Å². The summed E-state index contributed by atoms with van der Waals surface area (Å²) in [6, 6.07) is 15.4. The van der Waals surface area contributed by atoms with Gasteiger partial charge in [0.25, 0.3) is 0 Å². The number of aromatic nitrogens is 2. The number of hydrogen-bond donors (Lipinski definition) is 2. The summed E-state index contributed by atoms with van der Waals surface area (Å²) < 4.78 is 7.86. The van der Waals surface area contributed by atoms with E-state index in [1.165, 1.54) is 0 Å². The molecule has 1 aliphatic heterocycles. The molecule has 2 heterocycles. The summed E-state index contributed by atoms with van der Waals surface area (Å²) in [5, 5.41) is 5.76. The number of imidazole rings is 1. The van der Waals surface area contributed by atoms with E-state index in [9.17, 15) is 4.79 Å². The SMILES string of the molecule is Cc1cccc2c1nc1n2[C@@H](CNC(=O)Nc2ccccc2)COC1. The van der Waals surface area contributed by atoms with Crippen LogP contribution in [0.5, 0.6) is 0 Å². The number of para-hydroxylation sites is 2. The Labute approximate surface area is 145 Å². The van der Waals surface area contributed by atoms with Gasteiger partial charge in [-0.2, -0.15) is 0 Å². The van der Waals surface area contributed by atoms with Crippen molar-refractivity contribution in [2.45, 2.75) is 19.6 Å². The maximum atomic E-state index is 12.1. The highest BCUT2D eigenvalue weighted by molar-refractivity contribution is 5.89. The molecule has 0 spiro atoms. The van der Waals surface area contributed by atoms with E-state index in [-0.39, 0.29) is 12.1 Å². The molecule has 1 atom stereocenters. The predicted octanol–water partition coefficient (Wildman–Crippen LogP) is 3.24. The maximum absolute atomic E-state index is 12.1. The number of urea groups is 1. The zero-order chi connectivity index (χ0) is 17.2. The summed E-state index contributed by atoms with van der Waals surface area (Å²) >= 11 is 0. The fraction of sp³-hybridized carbons (Fsp3) is 0.263. The van der Waals surface area contributed by atoms with Crippen molar-refractivity contribution in [1.29, 1.82) is 0 Å². The lowest BCUT2D eigenvalue weighted by Gasteiger charge is -2.26. The van der Waals surface area contributed by atoms with Gasteiger partial charge in [0, 0.05) is 12.2 Å². The zero-order valence-corrected chi connectivity index (χ0v) is 14.0. The lowest BCUT2D eigenvalue weighted by atomic mass is 10.2. The molecule has 0 fully saturated rings. The number of carbonyl (C=O) groups excluding carboxylic acids is 1. The largest absolute Gasteiger partial charge is 0.371 e. The molecule has 6 heteroatoms. The molecule has 1 aliphatic rings. The Morgan fingerprint density at radius 3 is 2.92 bits per heavy atom. The lowest BCUT2D eigenvalue weighted by molar-refractivity contribution is 0.0573. The van der Waals surface area contributed by atoms with Crippen LogP contribution in [0.3, 0.4) is 0 Å². The third-order valence-electron chi connectivity index (χ3n) is 4.43. The molecule has 0 aliphatic carbocycles. The fourth-order valence-electron chi connectivity index (χ4n) is 3.23. The molecule has 2 amide bonds. The number of aryl methyl sites for hydroxylation is 1. The molecular formula is C19H20N4O2. The van der Waals surface area contributed by atoms with Gasteiger partial charge in [-0.1, -0.05) is 30.3 Å². The van der Waals surface area contributed by atoms with Crippen molar-refractivity contribution in [2.24, 2.45) is 0 Å². The van der Waals surface area contributed by atoms with Crippen molar-refractivity contribution in [3.8, 4) is 0 Å². The topological polar surface area (TPSA) is 68.2 Å². The molecule has 6 nitrogen and oxygen atoms in total. The van der Waals surface area contributed by atoms with Gasteiger partial charge in [-0.05, 0) is 30.7 Å². The second-order valence-electron chi connectivity index (χ2n) is 6.21. The van der Waals surface area contributed by atoms with Gasteiger partial charge in [0.15, 0.2) is 0 Å². The smallest absolute Gasteiger partial charge is 0.319 e. The van der Waals surface area contributed by atoms with Crippen molar-refractivity contribution >= 4 is 22.8 Å². The number of carbonyl (C=O) groups is 1. The third-order valence-corrected chi connectivity index (χ3v) is 4.43. The average Bonchev–Trinajstić information content (AvgIpc) is 3.02. The summed E-state index contributed by atoms with van der Waals surface area (Å²) in [4.78, 5) is 16.8. The van der Waals surface area contributed by atoms with Crippen molar-refractivity contribution < 1.29 is 9.53 Å². The Kier molecular flexibility index (Phi) is 4.11. The Morgan fingerprint density at radius 2 is 2.08 bits per heavy atom. The number of rotatable bonds is 3. The monoisotopic (exact) mass is 336 g/mol. The molecule has 3 aromatic rings. The molecule has 2 aromatic carbocycles. The number of nitrogens with zero attached hydrogens (tertiary/aromatic N) is 2. The Bertz CT molecular complexity index is 904. The number of anilines is 1. The second kappa shape index (κ2) is 6.57. The first-order valence-corrected chi connectivity index (χ1v) is 8.36. The Balaban J connectivity index is 1.50. The summed E-state index contributed by atoms with van der Waals surface area (Å²) in [6.45, 7) is 3.59. The van der Waals surface area contributed by atoms with Crippen LogP contribution in [0.1, 0.15) is 17.4 Å². The minimum Gasteiger partial charge on any atom is -0.371 e. The van der Waals surface area contributed by atoms with Crippen LogP contribution in [0.15, 0.2) is 48.5 Å². The Morgan fingerprint density at radius 1 is 1.24 bits per heavy atom. The molecule has 0 saturated carbocycles. The first-order valence-electron chi connectivity index (χ1n) is 8.36. The van der Waals surface area contributed by atoms with E-state index >= 15 is 0 Å². The van der Waals surface area contributed by atoms with Gasteiger partial charge < -0.3 is 19.9 Å². The standard InChI is InChI=1S/C19H20N4O2/c1-13-6-5-9-16-18(13)22-17-12-25-11-15(23(16)17)10-20-19(24)21-14-7-3-2-4-8-14/h2-9,15H,10-12H2,1H3,(H2,20,21,24)/t15-/m0/s1. The lowest BCUT2D eigenvalue weighted by Crippen LogP contribution is -2.37. The van der Waals surface area contributed by atoms with Gasteiger partial charge >= 0.3 is 6.03 Å². The molecule has 0 saturated heterocycles. The normalized spacial score (nSPS) is 16.4. The Hall–Kier alpha value is -2.86. The van der Waals surface area contributed by atoms with E-state index in [0.717, 1.165) is 28.1 Å².